The smallest absolute Gasteiger partial charge is 0.124 e. The van der Waals surface area contributed by atoms with Crippen molar-refractivity contribution in [3.05, 3.63) is 31.9 Å². The van der Waals surface area contributed by atoms with Crippen LogP contribution in [0.25, 0.3) is 10.9 Å². The molecule has 0 spiro atoms. The maximum Gasteiger partial charge on any atom is 0.124 e. The van der Waals surface area contributed by atoms with Crippen molar-refractivity contribution < 1.29 is 0 Å². The first-order valence-electron chi connectivity index (χ1n) is 3.45. The second-order valence-electron chi connectivity index (χ2n) is 2.49. The Hall–Kier alpha value is -0.130. The Morgan fingerprint density at radius 2 is 1.85 bits per heavy atom. The summed E-state index contributed by atoms with van der Waals surface area (Å²) in [6.45, 7) is 0. The molecule has 66 valence electrons. The molecule has 0 saturated heterocycles. The molecule has 0 aliphatic carbocycles. The van der Waals surface area contributed by atoms with Gasteiger partial charge in [0.05, 0.1) is 5.02 Å². The van der Waals surface area contributed by atoms with Gasteiger partial charge in [0.15, 0.2) is 0 Å². The minimum atomic E-state index is 0.534. The first-order chi connectivity index (χ1) is 6.16. The first-order valence-corrected chi connectivity index (χ1v) is 5.28. The zero-order valence-electron chi connectivity index (χ0n) is 6.26. The second-order valence-corrected chi connectivity index (χ2v) is 4.44. The third kappa shape index (κ3) is 1.87. The van der Waals surface area contributed by atoms with Gasteiger partial charge in [0.25, 0.3) is 0 Å². The molecule has 5 heteroatoms. The number of fused-ring (bicyclic) bond motifs is 1. The lowest BCUT2D eigenvalue weighted by atomic mass is 10.2. The Balaban J connectivity index is 2.86. The van der Waals surface area contributed by atoms with Crippen LogP contribution in [0.3, 0.4) is 0 Å². The van der Waals surface area contributed by atoms with Crippen LogP contribution in [0.4, 0.5) is 0 Å². The lowest BCUT2D eigenvalue weighted by Gasteiger charge is -1.99. The first kappa shape index (κ1) is 9.43. The molecule has 1 aromatic carbocycles. The average molecular weight is 325 g/mol. The molecule has 1 heterocycles. The van der Waals surface area contributed by atoms with E-state index in [1.54, 1.807) is 6.07 Å². The van der Waals surface area contributed by atoms with Crippen LogP contribution in [0.15, 0.2) is 18.2 Å². The topological polar surface area (TPSA) is 25.8 Å². The van der Waals surface area contributed by atoms with E-state index >= 15 is 0 Å². The Bertz CT molecular complexity index is 468. The third-order valence-electron chi connectivity index (χ3n) is 1.58. The van der Waals surface area contributed by atoms with Crippen molar-refractivity contribution in [1.82, 2.24) is 10.2 Å². The predicted molar refractivity (Wildman–Crippen MR) is 62.3 cm³/mol. The van der Waals surface area contributed by atoms with E-state index in [2.05, 4.69) is 32.8 Å². The fourth-order valence-corrected chi connectivity index (χ4v) is 2.05. The van der Waals surface area contributed by atoms with E-state index in [1.807, 2.05) is 12.1 Å². The normalized spacial score (nSPS) is 10.7. The highest BCUT2D eigenvalue weighted by Crippen LogP contribution is 2.26. The van der Waals surface area contributed by atoms with Crippen LogP contribution in [-0.4, -0.2) is 10.2 Å². The number of nitrogens with zero attached hydrogens (tertiary/aromatic N) is 2. The highest BCUT2D eigenvalue weighted by Gasteiger charge is 2.03. The highest BCUT2D eigenvalue weighted by molar-refractivity contribution is 14.1. The van der Waals surface area contributed by atoms with Gasteiger partial charge in [-0.15, -0.1) is 10.2 Å². The molecule has 2 rings (SSSR count). The van der Waals surface area contributed by atoms with Crippen molar-refractivity contribution >= 4 is 56.7 Å². The number of aromatic nitrogens is 2. The average Bonchev–Trinajstić information content (AvgIpc) is 2.02. The molecule has 0 amide bonds. The third-order valence-corrected chi connectivity index (χ3v) is 2.61. The van der Waals surface area contributed by atoms with Crippen LogP contribution in [0, 0.1) is 3.70 Å². The fourth-order valence-electron chi connectivity index (χ4n) is 1.06. The summed E-state index contributed by atoms with van der Waals surface area (Å²) >= 11 is 13.9. The fraction of sp³-hybridized carbons (Fsp3) is 0. The van der Waals surface area contributed by atoms with Gasteiger partial charge in [0, 0.05) is 10.4 Å². The van der Waals surface area contributed by atoms with Crippen molar-refractivity contribution in [3.63, 3.8) is 0 Å². The minimum absolute atomic E-state index is 0.534. The van der Waals surface area contributed by atoms with Gasteiger partial charge in [-0.3, -0.25) is 0 Å². The van der Waals surface area contributed by atoms with Gasteiger partial charge >= 0.3 is 0 Å². The lowest BCUT2D eigenvalue weighted by Crippen LogP contribution is -1.87. The maximum absolute atomic E-state index is 5.93. The molecule has 1 aromatic heterocycles. The van der Waals surface area contributed by atoms with E-state index in [0.29, 0.717) is 15.6 Å². The molecule has 0 saturated carbocycles. The van der Waals surface area contributed by atoms with Gasteiger partial charge in [-0.2, -0.15) is 0 Å². The Morgan fingerprint density at radius 1 is 1.08 bits per heavy atom. The molecule has 2 aromatic rings. The summed E-state index contributed by atoms with van der Waals surface area (Å²) < 4.78 is 0.823. The van der Waals surface area contributed by atoms with Crippen molar-refractivity contribution in [2.24, 2.45) is 0 Å². The van der Waals surface area contributed by atoms with E-state index in [4.69, 9.17) is 23.2 Å². The molecule has 0 radical (unpaired) electrons. The number of rotatable bonds is 0. The van der Waals surface area contributed by atoms with Crippen LogP contribution < -0.4 is 0 Å². The number of halogens is 3. The minimum Gasteiger partial charge on any atom is -0.148 e. The molecule has 13 heavy (non-hydrogen) atoms. The highest BCUT2D eigenvalue weighted by atomic mass is 127. The molecule has 0 atom stereocenters. The molecule has 0 unspecified atom stereocenters. The maximum atomic E-state index is 5.93. The Labute approximate surface area is 98.4 Å². The summed E-state index contributed by atoms with van der Waals surface area (Å²) in [6.07, 6.45) is 0. The summed E-state index contributed by atoms with van der Waals surface area (Å²) in [6, 6.07) is 5.37. The van der Waals surface area contributed by atoms with E-state index in [1.165, 1.54) is 0 Å². The van der Waals surface area contributed by atoms with Crippen LogP contribution in [-0.2, 0) is 0 Å². The monoisotopic (exact) mass is 324 g/mol. The number of hydrogen-bond acceptors (Lipinski definition) is 2. The predicted octanol–water partition coefficient (Wildman–Crippen LogP) is 3.54. The van der Waals surface area contributed by atoms with Crippen molar-refractivity contribution in [2.75, 3.05) is 0 Å². The zero-order valence-corrected chi connectivity index (χ0v) is 9.93. The summed E-state index contributed by atoms with van der Waals surface area (Å²) in [5, 5.41) is 9.94. The van der Waals surface area contributed by atoms with Crippen LogP contribution in [0.2, 0.25) is 10.0 Å². The van der Waals surface area contributed by atoms with Gasteiger partial charge < -0.3 is 0 Å². The molecule has 0 aliphatic rings. The standard InChI is InChI=1S/C8H3Cl2IN2/c9-5-1-4-2-7(11)12-13-8(4)6(10)3-5/h1-3H. The van der Waals surface area contributed by atoms with Gasteiger partial charge in [-0.25, -0.2) is 0 Å². The molecule has 0 bridgehead atoms. The van der Waals surface area contributed by atoms with E-state index < -0.39 is 0 Å². The molecule has 0 N–H and O–H groups in total. The van der Waals surface area contributed by atoms with Gasteiger partial charge in [-0.1, -0.05) is 23.2 Å². The van der Waals surface area contributed by atoms with E-state index in [9.17, 15) is 0 Å². The van der Waals surface area contributed by atoms with Crippen LogP contribution in [0.5, 0.6) is 0 Å². The largest absolute Gasteiger partial charge is 0.148 e. The summed E-state index contributed by atoms with van der Waals surface area (Å²) in [5.74, 6) is 0. The number of benzene rings is 1. The van der Waals surface area contributed by atoms with Crippen LogP contribution in [0.1, 0.15) is 0 Å². The summed E-state index contributed by atoms with van der Waals surface area (Å²) in [7, 11) is 0. The SMILES string of the molecule is Clc1cc(Cl)c2nnc(I)cc2c1. The summed E-state index contributed by atoms with van der Waals surface area (Å²) in [5.41, 5.74) is 0.687. The second kappa shape index (κ2) is 3.55. The molecular formula is C8H3Cl2IN2. The summed E-state index contributed by atoms with van der Waals surface area (Å²) in [4.78, 5) is 0. The van der Waals surface area contributed by atoms with E-state index in [0.717, 1.165) is 9.09 Å². The molecule has 0 fully saturated rings. The quantitative estimate of drug-likeness (QED) is 0.693. The van der Waals surface area contributed by atoms with E-state index in [-0.39, 0.29) is 0 Å². The van der Waals surface area contributed by atoms with Gasteiger partial charge in [0.1, 0.15) is 9.22 Å². The lowest BCUT2D eigenvalue weighted by molar-refractivity contribution is 1.04. The molecule has 2 nitrogen and oxygen atoms in total. The van der Waals surface area contributed by atoms with Gasteiger partial charge in [-0.05, 0) is 40.8 Å². The Kier molecular flexibility index (Phi) is 2.58. The van der Waals surface area contributed by atoms with Crippen molar-refractivity contribution in [2.45, 2.75) is 0 Å². The molecule has 0 aliphatic heterocycles. The number of hydrogen-bond donors (Lipinski definition) is 0. The van der Waals surface area contributed by atoms with Crippen molar-refractivity contribution in [1.29, 1.82) is 0 Å². The van der Waals surface area contributed by atoms with Gasteiger partial charge in [0.2, 0.25) is 0 Å². The van der Waals surface area contributed by atoms with Crippen LogP contribution >= 0.6 is 45.8 Å². The Morgan fingerprint density at radius 3 is 2.62 bits per heavy atom. The zero-order chi connectivity index (χ0) is 9.42. The molecular weight excluding hydrogens is 322 g/mol. The van der Waals surface area contributed by atoms with Crippen molar-refractivity contribution in [3.8, 4) is 0 Å².